The summed E-state index contributed by atoms with van der Waals surface area (Å²) in [6.45, 7) is -1.01. The summed E-state index contributed by atoms with van der Waals surface area (Å²) >= 11 is 5.79. The van der Waals surface area contributed by atoms with E-state index in [-0.39, 0.29) is 19.8 Å². The minimum absolute atomic E-state index is 0.141. The number of halogens is 2. The second-order valence-electron chi connectivity index (χ2n) is 5.71. The lowest BCUT2D eigenvalue weighted by Gasteiger charge is -2.11. The highest BCUT2D eigenvalue weighted by molar-refractivity contribution is 6.20. The number of benzene rings is 2. The molecule has 146 valence electrons. The van der Waals surface area contributed by atoms with Gasteiger partial charge in [-0.15, -0.1) is 11.6 Å². The van der Waals surface area contributed by atoms with E-state index in [1.54, 1.807) is 48.5 Å². The van der Waals surface area contributed by atoms with E-state index < -0.39 is 18.2 Å². The number of aliphatic hydroxyl groups is 2. The SMILES string of the molecule is OCC(Cl)COc1ccc(/C(=N\O)c2ccc(OCC(O)CF)cc2)cc1. The molecule has 0 aliphatic rings. The average molecular weight is 398 g/mol. The number of alkyl halides is 2. The van der Waals surface area contributed by atoms with Crippen LogP contribution in [0.2, 0.25) is 0 Å². The minimum Gasteiger partial charge on any atom is -0.492 e. The number of hydrogen-bond donors (Lipinski definition) is 3. The van der Waals surface area contributed by atoms with Crippen molar-refractivity contribution in [2.75, 3.05) is 26.5 Å². The van der Waals surface area contributed by atoms with Gasteiger partial charge in [0, 0.05) is 11.1 Å². The van der Waals surface area contributed by atoms with Gasteiger partial charge in [0.05, 0.1) is 12.0 Å². The molecule has 0 aromatic heterocycles. The van der Waals surface area contributed by atoms with Crippen LogP contribution >= 0.6 is 11.6 Å². The highest BCUT2D eigenvalue weighted by Gasteiger charge is 2.10. The standard InChI is InChI=1S/C19H21ClFNO5/c20-15(10-23)11-26-17-5-1-13(2-6-17)19(22-25)14-3-7-18(8-4-14)27-12-16(24)9-21/h1-8,15-16,23-25H,9-12H2/b22-19+. The lowest BCUT2D eigenvalue weighted by Crippen LogP contribution is -2.19. The van der Waals surface area contributed by atoms with Crippen LogP contribution in [-0.2, 0) is 0 Å². The monoisotopic (exact) mass is 397 g/mol. The molecule has 0 aliphatic heterocycles. The predicted molar refractivity (Wildman–Crippen MR) is 100 cm³/mol. The molecule has 0 radical (unpaired) electrons. The maximum Gasteiger partial charge on any atom is 0.119 e. The molecular weight excluding hydrogens is 377 g/mol. The topological polar surface area (TPSA) is 91.5 Å². The van der Waals surface area contributed by atoms with Crippen LogP contribution in [0.5, 0.6) is 11.5 Å². The predicted octanol–water partition coefficient (Wildman–Crippen LogP) is 2.60. The van der Waals surface area contributed by atoms with E-state index in [9.17, 15) is 14.7 Å². The smallest absolute Gasteiger partial charge is 0.119 e. The first-order valence-electron chi connectivity index (χ1n) is 8.24. The molecule has 0 saturated carbocycles. The molecule has 2 unspecified atom stereocenters. The first kappa shape index (κ1) is 21.0. The molecule has 0 aliphatic carbocycles. The van der Waals surface area contributed by atoms with Gasteiger partial charge in [0.25, 0.3) is 0 Å². The molecule has 0 amide bonds. The molecule has 0 bridgehead atoms. The van der Waals surface area contributed by atoms with E-state index in [0.29, 0.717) is 28.3 Å². The number of oxime groups is 1. The Hall–Kier alpha value is -2.35. The van der Waals surface area contributed by atoms with E-state index in [0.717, 1.165) is 0 Å². The first-order chi connectivity index (χ1) is 13.1. The normalized spacial score (nSPS) is 13.9. The van der Waals surface area contributed by atoms with Crippen LogP contribution in [0.1, 0.15) is 11.1 Å². The van der Waals surface area contributed by atoms with Crippen LogP contribution in [0.3, 0.4) is 0 Å². The largest absolute Gasteiger partial charge is 0.492 e. The molecule has 2 atom stereocenters. The van der Waals surface area contributed by atoms with Crippen molar-refractivity contribution in [2.45, 2.75) is 11.5 Å². The van der Waals surface area contributed by atoms with Crippen LogP contribution in [0.25, 0.3) is 0 Å². The Kier molecular flexibility index (Phi) is 8.32. The summed E-state index contributed by atoms with van der Waals surface area (Å²) in [5, 5.41) is 30.3. The fraction of sp³-hybridized carbons (Fsp3) is 0.316. The van der Waals surface area contributed by atoms with Gasteiger partial charge in [-0.2, -0.15) is 0 Å². The number of aliphatic hydroxyl groups excluding tert-OH is 2. The maximum absolute atomic E-state index is 12.2. The molecule has 0 spiro atoms. The van der Waals surface area contributed by atoms with Gasteiger partial charge in [0.1, 0.15) is 43.2 Å². The number of hydrogen-bond acceptors (Lipinski definition) is 6. The highest BCUT2D eigenvalue weighted by Crippen LogP contribution is 2.19. The second-order valence-corrected chi connectivity index (χ2v) is 6.32. The summed E-state index contributed by atoms with van der Waals surface area (Å²) < 4.78 is 22.9. The second kappa shape index (κ2) is 10.7. The molecule has 0 saturated heterocycles. The van der Waals surface area contributed by atoms with Gasteiger partial charge in [0.15, 0.2) is 0 Å². The quantitative estimate of drug-likeness (QED) is 0.248. The Morgan fingerprint density at radius 3 is 1.85 bits per heavy atom. The van der Waals surface area contributed by atoms with Crippen molar-refractivity contribution in [2.24, 2.45) is 5.16 Å². The first-order valence-corrected chi connectivity index (χ1v) is 8.68. The van der Waals surface area contributed by atoms with Crippen molar-refractivity contribution >= 4 is 17.3 Å². The summed E-state index contributed by atoms with van der Waals surface area (Å²) in [5.74, 6) is 1.04. The van der Waals surface area contributed by atoms with E-state index >= 15 is 0 Å². The number of nitrogens with zero attached hydrogens (tertiary/aromatic N) is 1. The summed E-state index contributed by atoms with van der Waals surface area (Å²) in [6.07, 6.45) is -1.16. The van der Waals surface area contributed by atoms with Gasteiger partial charge in [-0.3, -0.25) is 0 Å². The van der Waals surface area contributed by atoms with Crippen molar-refractivity contribution < 1.29 is 29.3 Å². The third kappa shape index (κ3) is 6.39. The lowest BCUT2D eigenvalue weighted by molar-refractivity contribution is 0.0842. The number of ether oxygens (including phenoxy) is 2. The van der Waals surface area contributed by atoms with Gasteiger partial charge >= 0.3 is 0 Å². The van der Waals surface area contributed by atoms with Gasteiger partial charge in [0.2, 0.25) is 0 Å². The summed E-state index contributed by atoms with van der Waals surface area (Å²) in [7, 11) is 0. The molecule has 6 nitrogen and oxygen atoms in total. The fourth-order valence-corrected chi connectivity index (χ4v) is 2.24. The molecule has 3 N–H and O–H groups in total. The molecule has 0 heterocycles. The Bertz CT molecular complexity index is 664. The van der Waals surface area contributed by atoms with Crippen LogP contribution in [0, 0.1) is 0 Å². The maximum atomic E-state index is 12.2. The third-order valence-electron chi connectivity index (χ3n) is 3.60. The van der Waals surface area contributed by atoms with E-state index in [1.807, 2.05) is 0 Å². The molecule has 27 heavy (non-hydrogen) atoms. The van der Waals surface area contributed by atoms with Crippen LogP contribution in [-0.4, -0.2) is 59.1 Å². The Morgan fingerprint density at radius 2 is 1.44 bits per heavy atom. The zero-order valence-electron chi connectivity index (χ0n) is 14.5. The van der Waals surface area contributed by atoms with Gasteiger partial charge in [-0.25, -0.2) is 4.39 Å². The summed E-state index contributed by atoms with van der Waals surface area (Å²) in [6, 6.07) is 13.5. The average Bonchev–Trinajstić information content (AvgIpc) is 2.72. The van der Waals surface area contributed by atoms with Crippen LogP contribution < -0.4 is 9.47 Å². The molecule has 2 rings (SSSR count). The zero-order chi connectivity index (χ0) is 19.6. The van der Waals surface area contributed by atoms with Gasteiger partial charge in [-0.05, 0) is 48.5 Å². The Labute approximate surface area is 161 Å². The zero-order valence-corrected chi connectivity index (χ0v) is 15.2. The Balaban J connectivity index is 2.03. The molecule has 2 aromatic rings. The molecular formula is C19H21ClFNO5. The van der Waals surface area contributed by atoms with Crippen molar-refractivity contribution in [1.82, 2.24) is 0 Å². The summed E-state index contributed by atoms with van der Waals surface area (Å²) in [5.41, 5.74) is 1.66. The van der Waals surface area contributed by atoms with Gasteiger partial charge in [-0.1, -0.05) is 5.16 Å². The van der Waals surface area contributed by atoms with Crippen molar-refractivity contribution in [3.63, 3.8) is 0 Å². The van der Waals surface area contributed by atoms with Gasteiger partial charge < -0.3 is 24.9 Å². The lowest BCUT2D eigenvalue weighted by atomic mass is 10.0. The van der Waals surface area contributed by atoms with Crippen molar-refractivity contribution in [3.8, 4) is 11.5 Å². The van der Waals surface area contributed by atoms with E-state index in [2.05, 4.69) is 5.16 Å². The van der Waals surface area contributed by atoms with E-state index in [4.69, 9.17) is 26.2 Å². The van der Waals surface area contributed by atoms with Crippen molar-refractivity contribution in [3.05, 3.63) is 59.7 Å². The van der Waals surface area contributed by atoms with Crippen LogP contribution in [0.4, 0.5) is 4.39 Å². The molecule has 0 fully saturated rings. The minimum atomic E-state index is -1.16. The van der Waals surface area contributed by atoms with Crippen molar-refractivity contribution in [1.29, 1.82) is 0 Å². The number of rotatable bonds is 10. The highest BCUT2D eigenvalue weighted by atomic mass is 35.5. The fourth-order valence-electron chi connectivity index (χ4n) is 2.18. The Morgan fingerprint density at radius 1 is 0.963 bits per heavy atom. The molecule has 8 heteroatoms. The molecule has 2 aromatic carbocycles. The summed E-state index contributed by atoms with van der Waals surface area (Å²) in [4.78, 5) is 0. The van der Waals surface area contributed by atoms with E-state index in [1.165, 1.54) is 0 Å². The third-order valence-corrected chi connectivity index (χ3v) is 3.87. The van der Waals surface area contributed by atoms with Crippen LogP contribution in [0.15, 0.2) is 53.7 Å².